The maximum atomic E-state index is 3.49. The molecule has 0 saturated heterocycles. The van der Waals surface area contributed by atoms with Crippen LogP contribution in [0.3, 0.4) is 0 Å². The molecule has 14 heavy (non-hydrogen) atoms. The monoisotopic (exact) mass is 350 g/mol. The smallest absolute Gasteiger partial charge is 0.0701 e. The first kappa shape index (κ1) is 10.9. The standard InChI is InChI=1S/C10H8Br2S2/c1-6(7-2-4-9(11)13-7)8-3-5-10(12)14-8/h2-6H,1H3. The van der Waals surface area contributed by atoms with E-state index >= 15 is 0 Å². The van der Waals surface area contributed by atoms with E-state index in [4.69, 9.17) is 0 Å². The van der Waals surface area contributed by atoms with Crippen LogP contribution in [0.1, 0.15) is 22.6 Å². The van der Waals surface area contributed by atoms with Gasteiger partial charge in [0.2, 0.25) is 0 Å². The third-order valence-corrected chi connectivity index (χ3v) is 5.65. The Hall–Kier alpha value is 0.360. The second kappa shape index (κ2) is 4.47. The van der Waals surface area contributed by atoms with Crippen molar-refractivity contribution in [2.75, 3.05) is 0 Å². The molecule has 4 heteroatoms. The normalized spacial score (nSPS) is 11.1. The first-order chi connectivity index (χ1) is 6.66. The van der Waals surface area contributed by atoms with E-state index in [1.807, 2.05) is 22.7 Å². The third-order valence-electron chi connectivity index (χ3n) is 2.04. The van der Waals surface area contributed by atoms with Gasteiger partial charge in [-0.1, -0.05) is 6.92 Å². The van der Waals surface area contributed by atoms with Gasteiger partial charge < -0.3 is 0 Å². The van der Waals surface area contributed by atoms with Crippen LogP contribution < -0.4 is 0 Å². The minimum absolute atomic E-state index is 0.502. The highest BCUT2D eigenvalue weighted by molar-refractivity contribution is 9.11. The van der Waals surface area contributed by atoms with Crippen LogP contribution in [0, 0.1) is 0 Å². The molecule has 0 aliphatic rings. The number of thiophene rings is 2. The van der Waals surface area contributed by atoms with Gasteiger partial charge in [0.05, 0.1) is 7.57 Å². The molecule has 0 saturated carbocycles. The molecular formula is C10H8Br2S2. The molecule has 0 amide bonds. The van der Waals surface area contributed by atoms with Gasteiger partial charge in [-0.15, -0.1) is 22.7 Å². The van der Waals surface area contributed by atoms with Gasteiger partial charge in [0, 0.05) is 15.7 Å². The van der Waals surface area contributed by atoms with E-state index in [1.165, 1.54) is 17.3 Å². The zero-order chi connectivity index (χ0) is 10.1. The summed E-state index contributed by atoms with van der Waals surface area (Å²) < 4.78 is 2.41. The molecule has 0 spiro atoms. The quantitative estimate of drug-likeness (QED) is 0.671. The van der Waals surface area contributed by atoms with E-state index in [0.717, 1.165) is 0 Å². The van der Waals surface area contributed by atoms with Gasteiger partial charge in [0.25, 0.3) is 0 Å². The summed E-state index contributed by atoms with van der Waals surface area (Å²) >= 11 is 10.6. The van der Waals surface area contributed by atoms with Crippen LogP contribution in [0.25, 0.3) is 0 Å². The van der Waals surface area contributed by atoms with Crippen LogP contribution in [-0.4, -0.2) is 0 Å². The van der Waals surface area contributed by atoms with E-state index in [0.29, 0.717) is 5.92 Å². The van der Waals surface area contributed by atoms with Crippen LogP contribution in [0.15, 0.2) is 31.8 Å². The maximum Gasteiger partial charge on any atom is 0.0701 e. The molecule has 2 heterocycles. The lowest BCUT2D eigenvalue weighted by Crippen LogP contribution is -1.87. The third kappa shape index (κ3) is 2.30. The molecule has 2 rings (SSSR count). The van der Waals surface area contributed by atoms with Crippen molar-refractivity contribution in [3.63, 3.8) is 0 Å². The summed E-state index contributed by atoms with van der Waals surface area (Å²) in [6.07, 6.45) is 0. The number of rotatable bonds is 2. The van der Waals surface area contributed by atoms with Gasteiger partial charge in [-0.2, -0.15) is 0 Å². The minimum atomic E-state index is 0.502. The van der Waals surface area contributed by atoms with Crippen LogP contribution >= 0.6 is 54.5 Å². The Balaban J connectivity index is 2.28. The summed E-state index contributed by atoms with van der Waals surface area (Å²) in [5.74, 6) is 0.502. The Kier molecular flexibility index (Phi) is 3.47. The predicted octanol–water partition coefficient (Wildman–Crippen LogP) is 5.49. The molecule has 0 N–H and O–H groups in total. The predicted molar refractivity (Wildman–Crippen MR) is 71.6 cm³/mol. The molecule has 0 atom stereocenters. The highest BCUT2D eigenvalue weighted by Gasteiger charge is 2.12. The minimum Gasteiger partial charge on any atom is -0.133 e. The van der Waals surface area contributed by atoms with Crippen molar-refractivity contribution >= 4 is 54.5 Å². The van der Waals surface area contributed by atoms with E-state index in [2.05, 4.69) is 63.0 Å². The second-order valence-corrected chi connectivity index (χ2v) is 7.99. The number of halogens is 2. The number of hydrogen-bond acceptors (Lipinski definition) is 2. The van der Waals surface area contributed by atoms with Crippen LogP contribution in [0.5, 0.6) is 0 Å². The van der Waals surface area contributed by atoms with Crippen LogP contribution in [-0.2, 0) is 0 Å². The largest absolute Gasteiger partial charge is 0.133 e. The first-order valence-corrected chi connectivity index (χ1v) is 7.39. The van der Waals surface area contributed by atoms with Crippen molar-refractivity contribution < 1.29 is 0 Å². The summed E-state index contributed by atoms with van der Waals surface area (Å²) in [6, 6.07) is 8.60. The highest BCUT2D eigenvalue weighted by atomic mass is 79.9. The van der Waals surface area contributed by atoms with Crippen LogP contribution in [0.2, 0.25) is 0 Å². The zero-order valence-corrected chi connectivity index (χ0v) is 12.3. The molecule has 0 unspecified atom stereocenters. The van der Waals surface area contributed by atoms with Crippen molar-refractivity contribution in [3.05, 3.63) is 41.6 Å². The lowest BCUT2D eigenvalue weighted by atomic mass is 10.1. The molecule has 0 aromatic carbocycles. The summed E-state index contributed by atoms with van der Waals surface area (Å²) in [7, 11) is 0. The summed E-state index contributed by atoms with van der Waals surface area (Å²) in [6.45, 7) is 2.25. The topological polar surface area (TPSA) is 0 Å². The molecule has 0 fully saturated rings. The molecule has 2 aromatic heterocycles. The van der Waals surface area contributed by atoms with Crippen molar-refractivity contribution in [1.29, 1.82) is 0 Å². The molecule has 0 bridgehead atoms. The SMILES string of the molecule is CC(c1ccc(Br)s1)c1ccc(Br)s1. The average Bonchev–Trinajstić information content (AvgIpc) is 2.73. The Morgan fingerprint density at radius 2 is 1.36 bits per heavy atom. The van der Waals surface area contributed by atoms with Gasteiger partial charge in [0.1, 0.15) is 0 Å². The zero-order valence-electron chi connectivity index (χ0n) is 7.46. The lowest BCUT2D eigenvalue weighted by Gasteiger charge is -2.05. The van der Waals surface area contributed by atoms with Crippen molar-refractivity contribution in [2.24, 2.45) is 0 Å². The van der Waals surface area contributed by atoms with E-state index in [-0.39, 0.29) is 0 Å². The summed E-state index contributed by atoms with van der Waals surface area (Å²) in [5.41, 5.74) is 0. The fraction of sp³-hybridized carbons (Fsp3) is 0.200. The van der Waals surface area contributed by atoms with Gasteiger partial charge in [0.15, 0.2) is 0 Å². The van der Waals surface area contributed by atoms with Gasteiger partial charge in [-0.05, 0) is 56.1 Å². The van der Waals surface area contributed by atoms with Crippen LogP contribution in [0.4, 0.5) is 0 Å². The molecule has 0 nitrogen and oxygen atoms in total. The number of hydrogen-bond donors (Lipinski definition) is 0. The fourth-order valence-electron chi connectivity index (χ4n) is 1.26. The van der Waals surface area contributed by atoms with Crippen molar-refractivity contribution in [1.82, 2.24) is 0 Å². The van der Waals surface area contributed by atoms with E-state index < -0.39 is 0 Å². The Bertz CT molecular complexity index is 391. The molecule has 74 valence electrons. The highest BCUT2D eigenvalue weighted by Crippen LogP contribution is 2.36. The molecule has 0 aliphatic heterocycles. The Morgan fingerprint density at radius 1 is 0.929 bits per heavy atom. The Morgan fingerprint density at radius 3 is 1.64 bits per heavy atom. The summed E-state index contributed by atoms with van der Waals surface area (Å²) in [5, 5.41) is 0. The molecular weight excluding hydrogens is 344 g/mol. The van der Waals surface area contributed by atoms with E-state index in [9.17, 15) is 0 Å². The summed E-state index contributed by atoms with van der Waals surface area (Å²) in [4.78, 5) is 2.82. The molecule has 0 aliphatic carbocycles. The van der Waals surface area contributed by atoms with Gasteiger partial charge in [-0.3, -0.25) is 0 Å². The Labute approximate surface area is 108 Å². The van der Waals surface area contributed by atoms with E-state index in [1.54, 1.807) is 0 Å². The average molecular weight is 352 g/mol. The lowest BCUT2D eigenvalue weighted by molar-refractivity contribution is 0.976. The molecule has 2 aromatic rings. The van der Waals surface area contributed by atoms with Gasteiger partial charge >= 0.3 is 0 Å². The fourth-order valence-corrected chi connectivity index (χ4v) is 4.32. The van der Waals surface area contributed by atoms with Gasteiger partial charge in [-0.25, -0.2) is 0 Å². The maximum absolute atomic E-state index is 3.49. The molecule has 0 radical (unpaired) electrons. The van der Waals surface area contributed by atoms with Crippen molar-refractivity contribution in [2.45, 2.75) is 12.8 Å². The second-order valence-electron chi connectivity index (χ2n) is 3.01. The first-order valence-electron chi connectivity index (χ1n) is 4.17. The van der Waals surface area contributed by atoms with Crippen molar-refractivity contribution in [3.8, 4) is 0 Å².